The number of non-ortho nitro benzene ring substituents is 2. The van der Waals surface area contributed by atoms with Crippen LogP contribution < -0.4 is 5.56 Å². The van der Waals surface area contributed by atoms with E-state index in [1.54, 1.807) is 6.07 Å². The molecule has 0 bridgehead atoms. The monoisotopic (exact) mass is 458 g/mol. The van der Waals surface area contributed by atoms with Crippen molar-refractivity contribution in [3.8, 4) is 5.69 Å². The molecule has 0 radical (unpaired) electrons. The Labute approximate surface area is 190 Å². The maximum absolute atomic E-state index is 13.4. The van der Waals surface area contributed by atoms with Crippen LogP contribution in [0, 0.1) is 20.2 Å². The molecule has 0 atom stereocenters. The third-order valence-corrected chi connectivity index (χ3v) is 4.97. The molecule has 1 heterocycles. The van der Waals surface area contributed by atoms with E-state index in [-0.39, 0.29) is 39.4 Å². The van der Waals surface area contributed by atoms with Crippen molar-refractivity contribution < 1.29 is 19.7 Å². The van der Waals surface area contributed by atoms with Crippen LogP contribution in [0.15, 0.2) is 71.5 Å². The Bertz CT molecular complexity index is 1560. The Hall–Kier alpha value is -5.19. The number of carboxylic acids is 1. The van der Waals surface area contributed by atoms with Crippen LogP contribution in [0.25, 0.3) is 28.7 Å². The molecule has 11 nitrogen and oxygen atoms in total. The molecule has 0 saturated heterocycles. The molecular formula is C23H14N4O7. The highest BCUT2D eigenvalue weighted by Gasteiger charge is 2.15. The van der Waals surface area contributed by atoms with Gasteiger partial charge in [-0.3, -0.25) is 29.6 Å². The highest BCUT2D eigenvalue weighted by molar-refractivity contribution is 5.88. The summed E-state index contributed by atoms with van der Waals surface area (Å²) in [6, 6.07) is 15.0. The number of hydrogen-bond acceptors (Lipinski definition) is 7. The van der Waals surface area contributed by atoms with Gasteiger partial charge in [0.25, 0.3) is 16.9 Å². The summed E-state index contributed by atoms with van der Waals surface area (Å²) >= 11 is 0. The van der Waals surface area contributed by atoms with Gasteiger partial charge in [-0.2, -0.15) is 0 Å². The predicted molar refractivity (Wildman–Crippen MR) is 123 cm³/mol. The van der Waals surface area contributed by atoms with E-state index in [0.717, 1.165) is 6.07 Å². The molecule has 0 spiro atoms. The van der Waals surface area contributed by atoms with E-state index in [0.29, 0.717) is 5.56 Å². The minimum atomic E-state index is -1.14. The van der Waals surface area contributed by atoms with Crippen LogP contribution in [0.3, 0.4) is 0 Å². The molecule has 168 valence electrons. The number of aromatic carboxylic acids is 1. The smallest absolute Gasteiger partial charge is 0.335 e. The molecule has 3 aromatic carbocycles. The molecule has 0 unspecified atom stereocenters. The number of rotatable bonds is 6. The highest BCUT2D eigenvalue weighted by atomic mass is 16.6. The van der Waals surface area contributed by atoms with Crippen LogP contribution in [0.4, 0.5) is 11.4 Å². The largest absolute Gasteiger partial charge is 0.478 e. The third kappa shape index (κ3) is 4.25. The van der Waals surface area contributed by atoms with Crippen molar-refractivity contribution in [1.29, 1.82) is 0 Å². The van der Waals surface area contributed by atoms with Crippen molar-refractivity contribution in [2.75, 3.05) is 0 Å². The van der Waals surface area contributed by atoms with E-state index in [2.05, 4.69) is 4.98 Å². The summed E-state index contributed by atoms with van der Waals surface area (Å²) in [6.45, 7) is 0. The second kappa shape index (κ2) is 8.74. The molecule has 11 heteroatoms. The first-order valence-corrected chi connectivity index (χ1v) is 9.72. The average Bonchev–Trinajstić information content (AvgIpc) is 2.82. The standard InChI is InChI=1S/C23H14N4O7/c28-22-19-13-18(27(33)34)9-10-20(19)24-21(11-4-14-2-1-3-17(12-14)26(31)32)25(22)16-7-5-15(6-8-16)23(29)30/h1-13H,(H,29,30)/b11-4+. The van der Waals surface area contributed by atoms with E-state index < -0.39 is 21.4 Å². The lowest BCUT2D eigenvalue weighted by Gasteiger charge is -2.12. The molecule has 0 fully saturated rings. The summed E-state index contributed by atoms with van der Waals surface area (Å²) in [5.74, 6) is -1.00. The van der Waals surface area contributed by atoms with Gasteiger partial charge in [-0.05, 0) is 42.0 Å². The first-order valence-electron chi connectivity index (χ1n) is 9.72. The van der Waals surface area contributed by atoms with Gasteiger partial charge >= 0.3 is 5.97 Å². The Morgan fingerprint density at radius 2 is 1.59 bits per heavy atom. The second-order valence-electron chi connectivity index (χ2n) is 7.11. The van der Waals surface area contributed by atoms with Gasteiger partial charge in [0.05, 0.1) is 32.0 Å². The van der Waals surface area contributed by atoms with Gasteiger partial charge in [-0.25, -0.2) is 9.78 Å². The summed E-state index contributed by atoms with van der Waals surface area (Å²) in [4.78, 5) is 50.1. The van der Waals surface area contributed by atoms with E-state index in [9.17, 15) is 29.8 Å². The zero-order chi connectivity index (χ0) is 24.4. The quantitative estimate of drug-likeness (QED) is 0.334. The third-order valence-electron chi connectivity index (χ3n) is 4.97. The van der Waals surface area contributed by atoms with Gasteiger partial charge in [0.15, 0.2) is 0 Å². The molecule has 4 rings (SSSR count). The highest BCUT2D eigenvalue weighted by Crippen LogP contribution is 2.21. The summed E-state index contributed by atoms with van der Waals surface area (Å²) in [6.07, 6.45) is 3.01. The number of aromatic nitrogens is 2. The average molecular weight is 458 g/mol. The van der Waals surface area contributed by atoms with E-state index >= 15 is 0 Å². The number of carbonyl (C=O) groups is 1. The molecule has 1 N–H and O–H groups in total. The number of nitro benzene ring substituents is 2. The van der Waals surface area contributed by atoms with Gasteiger partial charge in [0, 0.05) is 24.3 Å². The number of nitrogens with zero attached hydrogens (tertiary/aromatic N) is 4. The zero-order valence-corrected chi connectivity index (χ0v) is 17.2. The Morgan fingerprint density at radius 1 is 0.912 bits per heavy atom. The maximum atomic E-state index is 13.4. The molecule has 0 saturated carbocycles. The lowest BCUT2D eigenvalue weighted by Crippen LogP contribution is -2.22. The number of benzene rings is 3. The van der Waals surface area contributed by atoms with Gasteiger partial charge in [0.2, 0.25) is 0 Å². The fraction of sp³-hybridized carbons (Fsp3) is 0. The van der Waals surface area contributed by atoms with Gasteiger partial charge in [0.1, 0.15) is 5.82 Å². The number of hydrogen-bond donors (Lipinski definition) is 1. The minimum absolute atomic E-state index is 0.00371. The lowest BCUT2D eigenvalue weighted by atomic mass is 10.1. The second-order valence-corrected chi connectivity index (χ2v) is 7.11. The Morgan fingerprint density at radius 3 is 2.24 bits per heavy atom. The zero-order valence-electron chi connectivity index (χ0n) is 17.2. The Balaban J connectivity index is 1.93. The van der Waals surface area contributed by atoms with Gasteiger partial charge < -0.3 is 5.11 Å². The molecule has 0 aliphatic heterocycles. The van der Waals surface area contributed by atoms with Crippen molar-refractivity contribution in [1.82, 2.24) is 9.55 Å². The summed E-state index contributed by atoms with van der Waals surface area (Å²) in [5.41, 5.74) is 0.00861. The fourth-order valence-electron chi connectivity index (χ4n) is 3.33. The molecule has 4 aromatic rings. The maximum Gasteiger partial charge on any atom is 0.335 e. The van der Waals surface area contributed by atoms with Crippen LogP contribution in [0.2, 0.25) is 0 Å². The van der Waals surface area contributed by atoms with Crippen molar-refractivity contribution in [2.24, 2.45) is 0 Å². The van der Waals surface area contributed by atoms with Crippen molar-refractivity contribution in [2.45, 2.75) is 0 Å². The molecule has 0 aliphatic rings. The molecular weight excluding hydrogens is 444 g/mol. The van der Waals surface area contributed by atoms with Crippen molar-refractivity contribution >= 4 is 40.4 Å². The number of carboxylic acid groups (broad SMARTS) is 1. The summed E-state index contributed by atoms with van der Waals surface area (Å²) in [7, 11) is 0. The number of nitro groups is 2. The minimum Gasteiger partial charge on any atom is -0.478 e. The first-order chi connectivity index (χ1) is 16.2. The predicted octanol–water partition coefficient (Wildman–Crippen LogP) is 4.07. The van der Waals surface area contributed by atoms with Gasteiger partial charge in [-0.15, -0.1) is 0 Å². The molecule has 0 amide bonds. The van der Waals surface area contributed by atoms with Crippen molar-refractivity contribution in [3.63, 3.8) is 0 Å². The van der Waals surface area contributed by atoms with E-state index in [1.807, 2.05) is 0 Å². The lowest BCUT2D eigenvalue weighted by molar-refractivity contribution is -0.385. The molecule has 1 aromatic heterocycles. The summed E-state index contributed by atoms with van der Waals surface area (Å²) < 4.78 is 1.19. The number of fused-ring (bicyclic) bond motifs is 1. The van der Waals surface area contributed by atoms with Crippen molar-refractivity contribution in [3.05, 3.63) is 114 Å². The van der Waals surface area contributed by atoms with Crippen LogP contribution >= 0.6 is 0 Å². The normalized spacial score (nSPS) is 11.1. The van der Waals surface area contributed by atoms with Crippen LogP contribution in [0.1, 0.15) is 21.7 Å². The van der Waals surface area contributed by atoms with Crippen LogP contribution in [0.5, 0.6) is 0 Å². The summed E-state index contributed by atoms with van der Waals surface area (Å²) in [5, 5.41) is 31.4. The molecule has 0 aliphatic carbocycles. The molecule has 34 heavy (non-hydrogen) atoms. The fourth-order valence-corrected chi connectivity index (χ4v) is 3.33. The van der Waals surface area contributed by atoms with E-state index in [1.165, 1.54) is 71.3 Å². The SMILES string of the molecule is O=C(O)c1ccc(-n2c(/C=C/c3cccc([N+](=O)[O-])c3)nc3ccc([N+](=O)[O-])cc3c2=O)cc1. The topological polar surface area (TPSA) is 158 Å². The Kier molecular flexibility index (Phi) is 5.66. The first kappa shape index (κ1) is 22.0. The van der Waals surface area contributed by atoms with Crippen LogP contribution in [-0.4, -0.2) is 30.5 Å². The van der Waals surface area contributed by atoms with E-state index in [4.69, 9.17) is 5.11 Å². The van der Waals surface area contributed by atoms with Gasteiger partial charge in [-0.1, -0.05) is 18.2 Å². The van der Waals surface area contributed by atoms with Crippen LogP contribution in [-0.2, 0) is 0 Å².